The molecule has 3 nitrogen and oxygen atoms in total. The molecule has 0 saturated heterocycles. The van der Waals surface area contributed by atoms with Crippen molar-refractivity contribution < 1.29 is 0 Å². The highest BCUT2D eigenvalue weighted by Crippen LogP contribution is 2.36. The van der Waals surface area contributed by atoms with Crippen molar-refractivity contribution in [1.29, 1.82) is 0 Å². The third kappa shape index (κ3) is 5.51. The molecule has 2 aromatic heterocycles. The van der Waals surface area contributed by atoms with Gasteiger partial charge in [-0.2, -0.15) is 0 Å². The molecule has 0 atom stereocenters. The van der Waals surface area contributed by atoms with Crippen molar-refractivity contribution >= 4 is 37.1 Å². The first kappa shape index (κ1) is 27.4. The summed E-state index contributed by atoms with van der Waals surface area (Å²) in [5.74, 6) is 1.90. The van der Waals surface area contributed by atoms with E-state index in [-0.39, 0.29) is 0 Å². The summed E-state index contributed by atoms with van der Waals surface area (Å²) in [6.45, 7) is 6.25. The fraction of sp³-hybridized carbons (Fsp3) is 0.0250. The van der Waals surface area contributed by atoms with Gasteiger partial charge in [-0.3, -0.25) is 0 Å². The van der Waals surface area contributed by atoms with Gasteiger partial charge in [0.1, 0.15) is 0 Å². The Morgan fingerprint density at radius 3 is 1.93 bits per heavy atom. The Morgan fingerprint density at radius 1 is 0.545 bits per heavy atom. The van der Waals surface area contributed by atoms with E-state index in [4.69, 9.17) is 15.0 Å². The molecule has 0 unspecified atom stereocenters. The van der Waals surface area contributed by atoms with E-state index in [0.717, 1.165) is 33.4 Å². The van der Waals surface area contributed by atoms with Gasteiger partial charge in [0.15, 0.2) is 17.5 Å². The highest BCUT2D eigenvalue weighted by Gasteiger charge is 2.14. The molecule has 44 heavy (non-hydrogen) atoms. The Kier molecular flexibility index (Phi) is 7.49. The second kappa shape index (κ2) is 12.0. The summed E-state index contributed by atoms with van der Waals surface area (Å²) in [5.41, 5.74) is 7.08. The molecule has 0 saturated carbocycles. The number of benzene rings is 5. The van der Waals surface area contributed by atoms with Crippen molar-refractivity contribution in [1.82, 2.24) is 15.0 Å². The summed E-state index contributed by atoms with van der Waals surface area (Å²) < 4.78 is 2.62. The lowest BCUT2D eigenvalue weighted by Crippen LogP contribution is -2.00. The number of aromatic nitrogens is 3. The van der Waals surface area contributed by atoms with Gasteiger partial charge < -0.3 is 0 Å². The largest absolute Gasteiger partial charge is 0.208 e. The van der Waals surface area contributed by atoms with Crippen molar-refractivity contribution in [2.24, 2.45) is 0 Å². The number of nitrogens with zero attached hydrogens (tertiary/aromatic N) is 3. The van der Waals surface area contributed by atoms with Crippen molar-refractivity contribution in [2.45, 2.75) is 6.92 Å². The number of thiophene rings is 1. The van der Waals surface area contributed by atoms with Gasteiger partial charge in [-0.25, -0.2) is 15.0 Å². The number of rotatable bonds is 7. The fourth-order valence-electron chi connectivity index (χ4n) is 5.30. The van der Waals surface area contributed by atoms with Crippen LogP contribution in [-0.4, -0.2) is 15.0 Å². The molecule has 0 fully saturated rings. The zero-order valence-corrected chi connectivity index (χ0v) is 25.1. The van der Waals surface area contributed by atoms with Crippen LogP contribution in [0.4, 0.5) is 0 Å². The molecule has 210 valence electrons. The average Bonchev–Trinajstić information content (AvgIpc) is 3.47. The molecular formula is C40H29N3S. The van der Waals surface area contributed by atoms with Gasteiger partial charge in [-0.1, -0.05) is 128 Å². The molecule has 0 aliphatic rings. The van der Waals surface area contributed by atoms with Crippen LogP contribution in [0, 0.1) is 0 Å². The Bertz CT molecular complexity index is 2190. The van der Waals surface area contributed by atoms with Gasteiger partial charge in [-0.05, 0) is 53.5 Å². The summed E-state index contributed by atoms with van der Waals surface area (Å²) in [6.07, 6.45) is 7.99. The normalized spacial score (nSPS) is 11.7. The molecule has 7 rings (SSSR count). The molecule has 0 spiro atoms. The first-order valence-corrected chi connectivity index (χ1v) is 15.4. The molecule has 4 heteroatoms. The van der Waals surface area contributed by atoms with Crippen molar-refractivity contribution in [3.63, 3.8) is 0 Å². The maximum absolute atomic E-state index is 4.97. The predicted molar refractivity (Wildman–Crippen MR) is 187 cm³/mol. The van der Waals surface area contributed by atoms with Crippen LogP contribution in [0.15, 0.2) is 152 Å². The lowest BCUT2D eigenvalue weighted by atomic mass is 10.0. The number of hydrogen-bond donors (Lipinski definition) is 0. The van der Waals surface area contributed by atoms with E-state index in [1.165, 1.54) is 25.7 Å². The molecule has 0 aliphatic heterocycles. The minimum absolute atomic E-state index is 0.625. The van der Waals surface area contributed by atoms with Crippen molar-refractivity contribution in [2.75, 3.05) is 0 Å². The Labute approximate surface area is 261 Å². The highest BCUT2D eigenvalue weighted by molar-refractivity contribution is 7.25. The number of hydrogen-bond acceptors (Lipinski definition) is 4. The first-order valence-electron chi connectivity index (χ1n) is 14.6. The lowest BCUT2D eigenvalue weighted by molar-refractivity contribution is 1.07. The van der Waals surface area contributed by atoms with Crippen LogP contribution in [0.5, 0.6) is 0 Å². The van der Waals surface area contributed by atoms with Gasteiger partial charge in [0.05, 0.1) is 0 Å². The van der Waals surface area contributed by atoms with Gasteiger partial charge >= 0.3 is 0 Å². The van der Waals surface area contributed by atoms with Crippen LogP contribution in [0.25, 0.3) is 71.0 Å². The molecule has 7 aromatic rings. The highest BCUT2D eigenvalue weighted by atomic mass is 32.1. The standard InChI is InChI=1S/C40H29N3S/c1-3-4-6-12-27(2)31-15-11-16-33(25-31)40-42-38(29-13-7-5-8-14-29)41-39(43-40)30-21-19-28(20-22-30)32-23-24-37-35(26-32)34-17-9-10-18-36(34)44-37/h3-26H,2H2,1H3/b4-3-,12-6-. The van der Waals surface area contributed by atoms with E-state index in [0.29, 0.717) is 17.5 Å². The summed E-state index contributed by atoms with van der Waals surface area (Å²) in [5, 5.41) is 2.60. The predicted octanol–water partition coefficient (Wildman–Crippen LogP) is 11.1. The van der Waals surface area contributed by atoms with E-state index in [2.05, 4.69) is 85.4 Å². The fourth-order valence-corrected chi connectivity index (χ4v) is 6.39. The second-order valence-corrected chi connectivity index (χ2v) is 11.6. The molecule has 5 aromatic carbocycles. The van der Waals surface area contributed by atoms with Gasteiger partial charge in [-0.15, -0.1) is 11.3 Å². The summed E-state index contributed by atoms with van der Waals surface area (Å²) in [4.78, 5) is 14.8. The van der Waals surface area contributed by atoms with Crippen LogP contribution in [0.1, 0.15) is 12.5 Å². The van der Waals surface area contributed by atoms with Gasteiger partial charge in [0.2, 0.25) is 0 Å². The quantitative estimate of drug-likeness (QED) is 0.175. The maximum Gasteiger partial charge on any atom is 0.164 e. The van der Waals surface area contributed by atoms with Crippen LogP contribution >= 0.6 is 11.3 Å². The van der Waals surface area contributed by atoms with E-state index < -0.39 is 0 Å². The number of fused-ring (bicyclic) bond motifs is 3. The minimum Gasteiger partial charge on any atom is -0.208 e. The molecular weight excluding hydrogens is 555 g/mol. The Hall–Kier alpha value is -5.45. The Morgan fingerprint density at radius 2 is 1.16 bits per heavy atom. The zero-order valence-electron chi connectivity index (χ0n) is 24.3. The van der Waals surface area contributed by atoms with Crippen LogP contribution < -0.4 is 0 Å². The third-order valence-electron chi connectivity index (χ3n) is 7.61. The maximum atomic E-state index is 4.97. The number of allylic oxidation sites excluding steroid dienone is 5. The summed E-state index contributed by atoms with van der Waals surface area (Å²) in [7, 11) is 0. The van der Waals surface area contributed by atoms with E-state index in [9.17, 15) is 0 Å². The minimum atomic E-state index is 0.625. The Balaban J connectivity index is 1.27. The molecule has 0 radical (unpaired) electrons. The smallest absolute Gasteiger partial charge is 0.164 e. The van der Waals surface area contributed by atoms with Crippen molar-refractivity contribution in [3.8, 4) is 45.3 Å². The lowest BCUT2D eigenvalue weighted by Gasteiger charge is -2.10. The first-order chi connectivity index (χ1) is 21.7. The van der Waals surface area contributed by atoms with E-state index in [1.54, 1.807) is 0 Å². The second-order valence-electron chi connectivity index (χ2n) is 10.5. The van der Waals surface area contributed by atoms with Crippen molar-refractivity contribution in [3.05, 3.63) is 158 Å². The SMILES string of the molecule is C=C(/C=C\C=C/C)c1cccc(-c2nc(-c3ccccc3)nc(-c3ccc(-c4ccc5sc6ccccc6c5c4)cc3)n2)c1. The zero-order chi connectivity index (χ0) is 29.9. The summed E-state index contributed by atoms with van der Waals surface area (Å²) in [6, 6.07) is 42.1. The molecule has 2 heterocycles. The van der Waals surface area contributed by atoms with Gasteiger partial charge in [0.25, 0.3) is 0 Å². The molecule has 0 amide bonds. The summed E-state index contributed by atoms with van der Waals surface area (Å²) >= 11 is 1.84. The molecule has 0 bridgehead atoms. The van der Waals surface area contributed by atoms with Crippen LogP contribution in [0.3, 0.4) is 0 Å². The van der Waals surface area contributed by atoms with Crippen LogP contribution in [0.2, 0.25) is 0 Å². The molecule has 0 aliphatic carbocycles. The van der Waals surface area contributed by atoms with Gasteiger partial charge in [0, 0.05) is 36.9 Å². The third-order valence-corrected chi connectivity index (χ3v) is 8.76. The van der Waals surface area contributed by atoms with Crippen LogP contribution in [-0.2, 0) is 0 Å². The van der Waals surface area contributed by atoms with E-state index in [1.807, 2.05) is 85.0 Å². The average molecular weight is 584 g/mol. The topological polar surface area (TPSA) is 38.7 Å². The monoisotopic (exact) mass is 583 g/mol. The van der Waals surface area contributed by atoms with E-state index >= 15 is 0 Å². The molecule has 0 N–H and O–H groups in total.